The Bertz CT molecular complexity index is 555. The van der Waals surface area contributed by atoms with Crippen LogP contribution >= 0.6 is 11.3 Å². The lowest BCUT2D eigenvalue weighted by molar-refractivity contribution is -0.123. The summed E-state index contributed by atoms with van der Waals surface area (Å²) in [5.74, 6) is -0.212. The second-order valence-corrected chi connectivity index (χ2v) is 8.54. The average Bonchev–Trinajstić information content (AvgIpc) is 2.82. The Morgan fingerprint density at radius 1 is 1.22 bits per heavy atom. The van der Waals surface area contributed by atoms with Gasteiger partial charge in [-0.25, -0.2) is 9.78 Å². The summed E-state index contributed by atoms with van der Waals surface area (Å²) in [7, 11) is 0. The van der Waals surface area contributed by atoms with E-state index in [1.807, 2.05) is 26.2 Å². The van der Waals surface area contributed by atoms with Gasteiger partial charge in [0.1, 0.15) is 6.04 Å². The fourth-order valence-electron chi connectivity index (χ4n) is 1.69. The van der Waals surface area contributed by atoms with Crippen molar-refractivity contribution in [1.82, 2.24) is 20.9 Å². The lowest BCUT2D eigenvalue weighted by atomic mass is 9.98. The number of nitrogens with one attached hydrogen (secondary N) is 3. The Morgan fingerprint density at radius 2 is 1.83 bits per heavy atom. The van der Waals surface area contributed by atoms with Gasteiger partial charge in [-0.05, 0) is 27.7 Å². The highest BCUT2D eigenvalue weighted by Gasteiger charge is 2.21. The van der Waals surface area contributed by atoms with Gasteiger partial charge < -0.3 is 16.0 Å². The van der Waals surface area contributed by atoms with E-state index >= 15 is 0 Å². The van der Waals surface area contributed by atoms with Crippen LogP contribution in [-0.4, -0.2) is 28.5 Å². The molecule has 1 aromatic heterocycles. The topological polar surface area (TPSA) is 83.1 Å². The van der Waals surface area contributed by atoms with E-state index in [1.165, 1.54) is 0 Å². The molecule has 0 aliphatic rings. The molecule has 0 saturated heterocycles. The minimum atomic E-state index is -0.602. The van der Waals surface area contributed by atoms with E-state index in [9.17, 15) is 9.59 Å². The Kier molecular flexibility index (Phi) is 6.16. The van der Waals surface area contributed by atoms with Gasteiger partial charge in [-0.15, -0.1) is 11.3 Å². The van der Waals surface area contributed by atoms with Gasteiger partial charge in [0.15, 0.2) is 0 Å². The number of nitrogens with zero attached hydrogens (tertiary/aromatic N) is 1. The van der Waals surface area contributed by atoms with Crippen LogP contribution in [-0.2, 0) is 16.8 Å². The molecule has 0 aliphatic carbocycles. The van der Waals surface area contributed by atoms with Gasteiger partial charge in [0.25, 0.3) is 0 Å². The van der Waals surface area contributed by atoms with E-state index in [0.717, 1.165) is 10.7 Å². The van der Waals surface area contributed by atoms with Crippen LogP contribution in [0.3, 0.4) is 0 Å². The van der Waals surface area contributed by atoms with Crippen LogP contribution in [0.1, 0.15) is 59.2 Å². The first-order chi connectivity index (χ1) is 10.4. The van der Waals surface area contributed by atoms with Crippen molar-refractivity contribution in [3.63, 3.8) is 0 Å². The fourth-order valence-corrected chi connectivity index (χ4v) is 2.60. The number of rotatable bonds is 4. The molecule has 6 nitrogen and oxygen atoms in total. The first-order valence-corrected chi connectivity index (χ1v) is 8.58. The molecule has 23 heavy (non-hydrogen) atoms. The molecule has 3 N–H and O–H groups in total. The summed E-state index contributed by atoms with van der Waals surface area (Å²) in [5.41, 5.74) is 0.500. The number of thiazole rings is 1. The molecule has 7 heteroatoms. The van der Waals surface area contributed by atoms with Gasteiger partial charge in [0.05, 0.1) is 17.2 Å². The Labute approximate surface area is 142 Å². The third-order valence-corrected chi connectivity index (χ3v) is 4.18. The summed E-state index contributed by atoms with van der Waals surface area (Å²) >= 11 is 1.59. The predicted octanol–water partition coefficient (Wildman–Crippen LogP) is 2.54. The van der Waals surface area contributed by atoms with E-state index < -0.39 is 6.04 Å². The van der Waals surface area contributed by atoms with Crippen LogP contribution in [0.5, 0.6) is 0 Å². The molecule has 1 unspecified atom stereocenters. The van der Waals surface area contributed by atoms with Crippen molar-refractivity contribution in [3.8, 4) is 0 Å². The largest absolute Gasteiger partial charge is 0.350 e. The Morgan fingerprint density at radius 3 is 2.30 bits per heavy atom. The van der Waals surface area contributed by atoms with Gasteiger partial charge in [-0.1, -0.05) is 20.8 Å². The summed E-state index contributed by atoms with van der Waals surface area (Å²) in [6, 6.07) is -0.985. The standard InChI is InChI=1S/C16H28N4O2S/c1-10(12(21)20-16(5,6)7)18-14(22)17-8-11-9-23-13(19-11)15(2,3)4/h9-10H,8H2,1-7H3,(H,20,21)(H2,17,18,22). The number of urea groups is 1. The van der Waals surface area contributed by atoms with Gasteiger partial charge in [-0.3, -0.25) is 4.79 Å². The summed E-state index contributed by atoms with van der Waals surface area (Å²) in [4.78, 5) is 28.3. The molecule has 1 aromatic rings. The summed E-state index contributed by atoms with van der Waals surface area (Å²) in [6.07, 6.45) is 0. The second-order valence-electron chi connectivity index (χ2n) is 7.68. The zero-order valence-electron chi connectivity index (χ0n) is 15.0. The molecule has 0 saturated carbocycles. The maximum atomic E-state index is 11.9. The molecular formula is C16H28N4O2S. The monoisotopic (exact) mass is 340 g/mol. The highest BCUT2D eigenvalue weighted by atomic mass is 32.1. The van der Waals surface area contributed by atoms with Crippen molar-refractivity contribution in [2.45, 2.75) is 72.0 Å². The number of amides is 3. The molecule has 1 rings (SSSR count). The van der Waals surface area contributed by atoms with Gasteiger partial charge >= 0.3 is 6.03 Å². The van der Waals surface area contributed by atoms with Crippen LogP contribution in [0, 0.1) is 0 Å². The smallest absolute Gasteiger partial charge is 0.315 e. The first kappa shape index (κ1) is 19.4. The average molecular weight is 340 g/mol. The number of aromatic nitrogens is 1. The lowest BCUT2D eigenvalue weighted by Crippen LogP contribution is -2.52. The SMILES string of the molecule is CC(NC(=O)NCc1csc(C(C)(C)C)n1)C(=O)NC(C)(C)C. The van der Waals surface area contributed by atoms with Crippen molar-refractivity contribution >= 4 is 23.3 Å². The molecule has 0 spiro atoms. The molecule has 0 bridgehead atoms. The van der Waals surface area contributed by atoms with Crippen LogP contribution in [0.15, 0.2) is 5.38 Å². The van der Waals surface area contributed by atoms with Crippen LogP contribution in [0.2, 0.25) is 0 Å². The highest BCUT2D eigenvalue weighted by Crippen LogP contribution is 2.25. The third-order valence-electron chi connectivity index (χ3n) is 2.86. The molecule has 0 fully saturated rings. The van der Waals surface area contributed by atoms with Crippen molar-refractivity contribution in [1.29, 1.82) is 0 Å². The quantitative estimate of drug-likeness (QED) is 0.787. The zero-order valence-corrected chi connectivity index (χ0v) is 15.9. The minimum absolute atomic E-state index is 0.00470. The molecule has 0 radical (unpaired) electrons. The molecule has 0 aliphatic heterocycles. The summed E-state index contributed by atoms with van der Waals surface area (Å²) < 4.78 is 0. The van der Waals surface area contributed by atoms with Crippen LogP contribution in [0.4, 0.5) is 4.79 Å². The molecule has 130 valence electrons. The minimum Gasteiger partial charge on any atom is -0.350 e. The van der Waals surface area contributed by atoms with E-state index in [2.05, 4.69) is 41.7 Å². The van der Waals surface area contributed by atoms with Crippen molar-refractivity contribution in [2.24, 2.45) is 0 Å². The van der Waals surface area contributed by atoms with E-state index in [4.69, 9.17) is 0 Å². The van der Waals surface area contributed by atoms with Crippen LogP contribution < -0.4 is 16.0 Å². The van der Waals surface area contributed by atoms with Gasteiger partial charge in [-0.2, -0.15) is 0 Å². The highest BCUT2D eigenvalue weighted by molar-refractivity contribution is 7.09. The molecule has 1 heterocycles. The second kappa shape index (κ2) is 7.29. The number of carbonyl (C=O) groups is 2. The van der Waals surface area contributed by atoms with E-state index in [0.29, 0.717) is 6.54 Å². The maximum absolute atomic E-state index is 11.9. The van der Waals surface area contributed by atoms with Crippen molar-refractivity contribution in [3.05, 3.63) is 16.1 Å². The normalized spacial score (nSPS) is 13.3. The molecule has 1 atom stereocenters. The van der Waals surface area contributed by atoms with Gasteiger partial charge in [0, 0.05) is 16.3 Å². The third kappa shape index (κ3) is 6.99. The number of hydrogen-bond donors (Lipinski definition) is 3. The Hall–Kier alpha value is -1.63. The maximum Gasteiger partial charge on any atom is 0.315 e. The first-order valence-electron chi connectivity index (χ1n) is 7.70. The molecular weight excluding hydrogens is 312 g/mol. The van der Waals surface area contributed by atoms with Crippen molar-refractivity contribution < 1.29 is 9.59 Å². The summed E-state index contributed by atoms with van der Waals surface area (Å²) in [6.45, 7) is 14.0. The number of hydrogen-bond acceptors (Lipinski definition) is 4. The molecule has 3 amide bonds. The van der Waals surface area contributed by atoms with Gasteiger partial charge in [0.2, 0.25) is 5.91 Å². The number of carbonyl (C=O) groups excluding carboxylic acids is 2. The van der Waals surface area contributed by atoms with E-state index in [1.54, 1.807) is 18.3 Å². The zero-order chi connectivity index (χ0) is 17.8. The Balaban J connectivity index is 2.45. The lowest BCUT2D eigenvalue weighted by Gasteiger charge is -2.23. The fraction of sp³-hybridized carbons (Fsp3) is 0.688. The predicted molar refractivity (Wildman–Crippen MR) is 93.5 cm³/mol. The summed E-state index contributed by atoms with van der Waals surface area (Å²) in [5, 5.41) is 11.2. The molecule has 0 aromatic carbocycles. The van der Waals surface area contributed by atoms with Crippen LogP contribution in [0.25, 0.3) is 0 Å². The van der Waals surface area contributed by atoms with E-state index in [-0.39, 0.29) is 22.9 Å². The van der Waals surface area contributed by atoms with Crippen molar-refractivity contribution in [2.75, 3.05) is 0 Å².